The number of aromatic nitrogens is 1. The number of nitrogens with zero attached hydrogens (tertiary/aromatic N) is 2. The van der Waals surface area contributed by atoms with Crippen LogP contribution in [0.25, 0.3) is 0 Å². The van der Waals surface area contributed by atoms with Crippen LogP contribution >= 0.6 is 34.8 Å². The molecule has 0 aliphatic rings. The van der Waals surface area contributed by atoms with Gasteiger partial charge in [0.15, 0.2) is 11.0 Å². The first-order valence-corrected chi connectivity index (χ1v) is 6.12. The predicted octanol–water partition coefficient (Wildman–Crippen LogP) is 4.98. The molecule has 0 aliphatic heterocycles. The van der Waals surface area contributed by atoms with E-state index in [0.717, 1.165) is 0 Å². The lowest BCUT2D eigenvalue weighted by atomic mass is 10.2. The molecule has 0 saturated heterocycles. The van der Waals surface area contributed by atoms with E-state index in [2.05, 4.69) is 9.98 Å². The van der Waals surface area contributed by atoms with Crippen LogP contribution in [0.2, 0.25) is 10.2 Å². The van der Waals surface area contributed by atoms with Gasteiger partial charge in [-0.15, -0.1) is 0 Å². The van der Waals surface area contributed by atoms with Crippen LogP contribution in [0.1, 0.15) is 5.56 Å². The molecular weight excluding hydrogens is 317 g/mol. The predicted molar refractivity (Wildman–Crippen MR) is 72.7 cm³/mol. The normalized spacial score (nSPS) is 11.7. The Kier molecular flexibility index (Phi) is 4.34. The number of benzene rings is 1. The van der Waals surface area contributed by atoms with Crippen molar-refractivity contribution in [2.24, 2.45) is 4.99 Å². The minimum atomic E-state index is -0.838. The van der Waals surface area contributed by atoms with E-state index in [4.69, 9.17) is 34.8 Å². The van der Waals surface area contributed by atoms with E-state index in [-0.39, 0.29) is 26.6 Å². The van der Waals surface area contributed by atoms with Crippen molar-refractivity contribution in [1.29, 1.82) is 0 Å². The Labute approximate surface area is 122 Å². The minimum Gasteiger partial charge on any atom is -0.241 e. The molecule has 0 aliphatic carbocycles. The highest BCUT2D eigenvalue weighted by Crippen LogP contribution is 2.27. The zero-order chi connectivity index (χ0) is 14.0. The summed E-state index contributed by atoms with van der Waals surface area (Å²) in [7, 11) is 0. The molecule has 7 heteroatoms. The van der Waals surface area contributed by atoms with Gasteiger partial charge in [-0.05, 0) is 18.2 Å². The highest BCUT2D eigenvalue weighted by molar-refractivity contribution is 6.70. The molecule has 0 amide bonds. The van der Waals surface area contributed by atoms with E-state index in [1.165, 1.54) is 30.5 Å². The molecule has 1 aromatic heterocycles. The van der Waals surface area contributed by atoms with Gasteiger partial charge in [-0.25, -0.2) is 18.8 Å². The molecular formula is C12H5Cl3F2N2. The van der Waals surface area contributed by atoms with Gasteiger partial charge in [-0.1, -0.05) is 40.9 Å². The third-order valence-corrected chi connectivity index (χ3v) is 3.07. The molecule has 2 nitrogen and oxygen atoms in total. The molecule has 2 aromatic rings. The third-order valence-electron chi connectivity index (χ3n) is 2.21. The van der Waals surface area contributed by atoms with E-state index in [9.17, 15) is 8.78 Å². The summed E-state index contributed by atoms with van der Waals surface area (Å²) in [6.45, 7) is 0. The molecule has 0 unspecified atom stereocenters. The fourth-order valence-corrected chi connectivity index (χ4v) is 2.09. The van der Waals surface area contributed by atoms with Crippen LogP contribution in [-0.2, 0) is 0 Å². The first-order chi connectivity index (χ1) is 9.00. The Bertz CT molecular complexity index is 639. The minimum absolute atomic E-state index is 0.0781. The third kappa shape index (κ3) is 3.03. The largest absolute Gasteiger partial charge is 0.241 e. The molecule has 0 bridgehead atoms. The summed E-state index contributed by atoms with van der Waals surface area (Å²) in [5.74, 6) is -1.49. The van der Waals surface area contributed by atoms with E-state index in [0.29, 0.717) is 0 Å². The maximum atomic E-state index is 13.6. The topological polar surface area (TPSA) is 25.2 Å². The number of hydrogen-bond acceptors (Lipinski definition) is 2. The number of pyridine rings is 1. The molecule has 0 atom stereocenters. The summed E-state index contributed by atoms with van der Waals surface area (Å²) in [6.07, 6.45) is 1.26. The van der Waals surface area contributed by atoms with Crippen molar-refractivity contribution in [1.82, 2.24) is 4.98 Å². The van der Waals surface area contributed by atoms with Gasteiger partial charge in [-0.3, -0.25) is 0 Å². The maximum Gasteiger partial charge on any atom is 0.186 e. The summed E-state index contributed by atoms with van der Waals surface area (Å²) < 4.78 is 27.2. The molecule has 2 rings (SSSR count). The van der Waals surface area contributed by atoms with Crippen LogP contribution in [0.15, 0.2) is 35.5 Å². The van der Waals surface area contributed by atoms with E-state index < -0.39 is 11.6 Å². The summed E-state index contributed by atoms with van der Waals surface area (Å²) in [5.41, 5.74) is -0.248. The molecule has 0 spiro atoms. The summed E-state index contributed by atoms with van der Waals surface area (Å²) in [5, 5.41) is -0.538. The van der Waals surface area contributed by atoms with Crippen molar-refractivity contribution >= 4 is 45.7 Å². The van der Waals surface area contributed by atoms with Gasteiger partial charge >= 0.3 is 0 Å². The van der Waals surface area contributed by atoms with Crippen LogP contribution in [0.4, 0.5) is 14.5 Å². The number of hydrogen-bond donors (Lipinski definition) is 0. The van der Waals surface area contributed by atoms with Crippen LogP contribution in [0, 0.1) is 11.6 Å². The van der Waals surface area contributed by atoms with Crippen molar-refractivity contribution in [2.75, 3.05) is 0 Å². The van der Waals surface area contributed by atoms with Crippen molar-refractivity contribution in [3.63, 3.8) is 0 Å². The monoisotopic (exact) mass is 320 g/mol. The molecule has 0 N–H and O–H groups in total. The summed E-state index contributed by atoms with van der Waals surface area (Å²) in [6, 6.07) is 5.32. The van der Waals surface area contributed by atoms with E-state index in [1.54, 1.807) is 0 Å². The van der Waals surface area contributed by atoms with Gasteiger partial charge in [0.1, 0.15) is 16.7 Å². The fourth-order valence-electron chi connectivity index (χ4n) is 1.35. The maximum absolute atomic E-state index is 13.6. The van der Waals surface area contributed by atoms with Crippen molar-refractivity contribution in [2.45, 2.75) is 0 Å². The molecule has 98 valence electrons. The lowest BCUT2D eigenvalue weighted by Gasteiger charge is -2.04. The molecule has 19 heavy (non-hydrogen) atoms. The SMILES string of the molecule is Fc1cccc(Cl)c1/C(Cl)=N/c1ccnc(Cl)c1F. The van der Waals surface area contributed by atoms with Gasteiger partial charge in [0.25, 0.3) is 0 Å². The number of rotatable bonds is 2. The highest BCUT2D eigenvalue weighted by atomic mass is 35.5. The highest BCUT2D eigenvalue weighted by Gasteiger charge is 2.14. The van der Waals surface area contributed by atoms with Crippen molar-refractivity contribution in [3.8, 4) is 0 Å². The molecule has 0 saturated carbocycles. The van der Waals surface area contributed by atoms with Crippen LogP contribution in [0.3, 0.4) is 0 Å². The van der Waals surface area contributed by atoms with Crippen molar-refractivity contribution < 1.29 is 8.78 Å². The Hall–Kier alpha value is -1.23. The zero-order valence-corrected chi connectivity index (χ0v) is 11.4. The zero-order valence-electron chi connectivity index (χ0n) is 9.17. The van der Waals surface area contributed by atoms with Gasteiger partial charge in [0.2, 0.25) is 0 Å². The van der Waals surface area contributed by atoms with E-state index >= 15 is 0 Å². The van der Waals surface area contributed by atoms with Crippen LogP contribution < -0.4 is 0 Å². The second kappa shape index (κ2) is 5.82. The Morgan fingerprint density at radius 1 is 1.16 bits per heavy atom. The quantitative estimate of drug-likeness (QED) is 0.565. The Morgan fingerprint density at radius 3 is 2.58 bits per heavy atom. The number of halogens is 5. The summed E-state index contributed by atoms with van der Waals surface area (Å²) >= 11 is 17.2. The first kappa shape index (κ1) is 14.2. The van der Waals surface area contributed by atoms with Gasteiger partial charge < -0.3 is 0 Å². The average molecular weight is 322 g/mol. The molecule has 0 fully saturated rings. The smallest absolute Gasteiger partial charge is 0.186 e. The van der Waals surface area contributed by atoms with Crippen molar-refractivity contribution in [3.05, 3.63) is 57.8 Å². The van der Waals surface area contributed by atoms with E-state index in [1.807, 2.05) is 0 Å². The molecule has 1 aromatic carbocycles. The lowest BCUT2D eigenvalue weighted by molar-refractivity contribution is 0.622. The second-order valence-corrected chi connectivity index (χ2v) is 4.56. The standard InChI is InChI=1S/C12H5Cl3F2N2/c13-6-2-1-3-7(16)9(6)11(14)19-8-4-5-18-12(15)10(8)17/h1-5H/b19-11-. The molecule has 0 radical (unpaired) electrons. The Morgan fingerprint density at radius 2 is 1.89 bits per heavy atom. The first-order valence-electron chi connectivity index (χ1n) is 4.99. The van der Waals surface area contributed by atoms with Gasteiger partial charge in [-0.2, -0.15) is 0 Å². The Balaban J connectivity index is 2.52. The van der Waals surface area contributed by atoms with Crippen LogP contribution in [0.5, 0.6) is 0 Å². The van der Waals surface area contributed by atoms with Gasteiger partial charge in [0.05, 0.1) is 10.6 Å². The molecule has 1 heterocycles. The van der Waals surface area contributed by atoms with Gasteiger partial charge in [0, 0.05) is 6.20 Å². The lowest BCUT2D eigenvalue weighted by Crippen LogP contribution is -1.97. The summed E-state index contributed by atoms with van der Waals surface area (Å²) in [4.78, 5) is 7.30. The fraction of sp³-hybridized carbons (Fsp3) is 0. The van der Waals surface area contributed by atoms with Crippen LogP contribution in [-0.4, -0.2) is 10.2 Å². The number of aliphatic imine (C=N–C) groups is 1. The average Bonchev–Trinajstić information content (AvgIpc) is 2.35. The second-order valence-electron chi connectivity index (χ2n) is 3.43.